The number of para-hydroxylation sites is 1. The lowest BCUT2D eigenvalue weighted by Gasteiger charge is -2.23. The summed E-state index contributed by atoms with van der Waals surface area (Å²) in [6, 6.07) is 9.67. The van der Waals surface area contributed by atoms with Crippen molar-refractivity contribution in [1.82, 2.24) is 15.0 Å². The molecule has 1 aliphatic rings. The van der Waals surface area contributed by atoms with Crippen LogP contribution in [0.5, 0.6) is 0 Å². The molecule has 0 aliphatic carbocycles. The fourth-order valence-electron chi connectivity index (χ4n) is 2.69. The summed E-state index contributed by atoms with van der Waals surface area (Å²) in [5, 5.41) is 3.82. The zero-order valence-electron chi connectivity index (χ0n) is 11.7. The van der Waals surface area contributed by atoms with E-state index in [9.17, 15) is 8.42 Å². The fourth-order valence-corrected chi connectivity index (χ4v) is 4.10. The molecule has 112 valence electrons. The van der Waals surface area contributed by atoms with Crippen LogP contribution in [0.3, 0.4) is 0 Å². The Bertz CT molecular complexity index is 719. The third kappa shape index (κ3) is 3.23. The van der Waals surface area contributed by atoms with Gasteiger partial charge in [-0.1, -0.05) is 24.3 Å². The largest absolute Gasteiger partial charge is 0.315 e. The standard InChI is InChI=1S/C15H19N3O2S/c19-21(20,14-7-3-8-16-11-14)18-10-13-5-1-4-12-6-2-9-17-15(12)13/h1-2,4-6,9,14,16,18H,3,7-8,10-11H2. The van der Waals surface area contributed by atoms with E-state index in [1.165, 1.54) is 0 Å². The number of sulfonamides is 1. The first kappa shape index (κ1) is 14.4. The van der Waals surface area contributed by atoms with E-state index in [0.717, 1.165) is 35.9 Å². The van der Waals surface area contributed by atoms with Gasteiger partial charge in [0.2, 0.25) is 10.0 Å². The molecule has 1 aromatic heterocycles. The number of fused-ring (bicyclic) bond motifs is 1. The highest BCUT2D eigenvalue weighted by molar-refractivity contribution is 7.90. The van der Waals surface area contributed by atoms with Crippen molar-refractivity contribution in [2.45, 2.75) is 24.6 Å². The molecule has 2 aromatic rings. The van der Waals surface area contributed by atoms with Gasteiger partial charge in [0, 0.05) is 24.7 Å². The Morgan fingerprint density at radius 2 is 2.14 bits per heavy atom. The molecule has 0 spiro atoms. The quantitative estimate of drug-likeness (QED) is 0.896. The highest BCUT2D eigenvalue weighted by Gasteiger charge is 2.26. The van der Waals surface area contributed by atoms with Gasteiger partial charge in [-0.3, -0.25) is 4.98 Å². The third-order valence-corrected chi connectivity index (χ3v) is 5.70. The van der Waals surface area contributed by atoms with Crippen molar-refractivity contribution in [3.8, 4) is 0 Å². The number of nitrogens with zero attached hydrogens (tertiary/aromatic N) is 1. The van der Waals surface area contributed by atoms with Crippen LogP contribution >= 0.6 is 0 Å². The van der Waals surface area contributed by atoms with Crippen molar-refractivity contribution < 1.29 is 8.42 Å². The summed E-state index contributed by atoms with van der Waals surface area (Å²) >= 11 is 0. The van der Waals surface area contributed by atoms with E-state index in [-0.39, 0.29) is 11.8 Å². The molecule has 0 saturated carbocycles. The molecule has 1 unspecified atom stereocenters. The van der Waals surface area contributed by atoms with Crippen LogP contribution in [0.15, 0.2) is 36.5 Å². The van der Waals surface area contributed by atoms with Gasteiger partial charge in [0.15, 0.2) is 0 Å². The molecule has 0 radical (unpaired) electrons. The van der Waals surface area contributed by atoms with Gasteiger partial charge in [0.05, 0.1) is 10.8 Å². The summed E-state index contributed by atoms with van der Waals surface area (Å²) < 4.78 is 27.4. The van der Waals surface area contributed by atoms with Crippen molar-refractivity contribution in [2.24, 2.45) is 0 Å². The van der Waals surface area contributed by atoms with Crippen molar-refractivity contribution in [3.63, 3.8) is 0 Å². The Hall–Kier alpha value is -1.50. The van der Waals surface area contributed by atoms with Crippen LogP contribution in [0.1, 0.15) is 18.4 Å². The van der Waals surface area contributed by atoms with E-state index >= 15 is 0 Å². The van der Waals surface area contributed by atoms with Gasteiger partial charge in [-0.25, -0.2) is 13.1 Å². The Kier molecular flexibility index (Phi) is 4.19. The maximum atomic E-state index is 12.3. The van der Waals surface area contributed by atoms with Crippen LogP contribution in [0.2, 0.25) is 0 Å². The molecule has 1 atom stereocenters. The Morgan fingerprint density at radius 3 is 2.95 bits per heavy atom. The van der Waals surface area contributed by atoms with Crippen molar-refractivity contribution in [2.75, 3.05) is 13.1 Å². The molecule has 6 heteroatoms. The second-order valence-electron chi connectivity index (χ2n) is 5.33. The number of pyridine rings is 1. The summed E-state index contributed by atoms with van der Waals surface area (Å²) in [5.74, 6) is 0. The van der Waals surface area contributed by atoms with E-state index < -0.39 is 10.0 Å². The lowest BCUT2D eigenvalue weighted by Crippen LogP contribution is -2.44. The molecule has 3 rings (SSSR count). The lowest BCUT2D eigenvalue weighted by molar-refractivity contribution is 0.490. The number of rotatable bonds is 4. The van der Waals surface area contributed by atoms with E-state index in [1.807, 2.05) is 30.3 Å². The van der Waals surface area contributed by atoms with Gasteiger partial charge in [0.1, 0.15) is 0 Å². The van der Waals surface area contributed by atoms with Gasteiger partial charge in [-0.2, -0.15) is 0 Å². The van der Waals surface area contributed by atoms with Crippen LogP contribution in [0.4, 0.5) is 0 Å². The number of nitrogens with one attached hydrogen (secondary N) is 2. The highest BCUT2D eigenvalue weighted by Crippen LogP contribution is 2.17. The molecular weight excluding hydrogens is 286 g/mol. The van der Waals surface area contributed by atoms with Crippen LogP contribution in [0, 0.1) is 0 Å². The number of aromatic nitrogens is 1. The highest BCUT2D eigenvalue weighted by atomic mass is 32.2. The molecule has 5 nitrogen and oxygen atoms in total. The SMILES string of the molecule is O=S(=O)(NCc1cccc2cccnc12)C1CCCNC1. The summed E-state index contributed by atoms with van der Waals surface area (Å²) in [6.45, 7) is 1.72. The van der Waals surface area contributed by atoms with Gasteiger partial charge < -0.3 is 5.32 Å². The Balaban J connectivity index is 1.77. The van der Waals surface area contributed by atoms with Gasteiger partial charge in [0.25, 0.3) is 0 Å². The molecule has 2 N–H and O–H groups in total. The molecule has 0 bridgehead atoms. The summed E-state index contributed by atoms with van der Waals surface area (Å²) in [4.78, 5) is 4.35. The van der Waals surface area contributed by atoms with Crippen molar-refractivity contribution >= 4 is 20.9 Å². The van der Waals surface area contributed by atoms with E-state index in [4.69, 9.17) is 0 Å². The first-order valence-corrected chi connectivity index (χ1v) is 8.73. The molecule has 1 aliphatic heterocycles. The molecule has 0 amide bonds. The second kappa shape index (κ2) is 6.09. The minimum atomic E-state index is -3.29. The van der Waals surface area contributed by atoms with Crippen LogP contribution < -0.4 is 10.0 Å². The number of benzene rings is 1. The zero-order chi connectivity index (χ0) is 14.7. The summed E-state index contributed by atoms with van der Waals surface area (Å²) in [7, 11) is -3.29. The van der Waals surface area contributed by atoms with Gasteiger partial charge >= 0.3 is 0 Å². The number of piperidine rings is 1. The van der Waals surface area contributed by atoms with E-state index in [1.54, 1.807) is 6.20 Å². The third-order valence-electron chi connectivity index (χ3n) is 3.87. The first-order chi connectivity index (χ1) is 10.2. The van der Waals surface area contributed by atoms with Crippen molar-refractivity contribution in [3.05, 3.63) is 42.1 Å². The van der Waals surface area contributed by atoms with Crippen LogP contribution in [0.25, 0.3) is 10.9 Å². The molecule has 2 heterocycles. The number of hydrogen-bond acceptors (Lipinski definition) is 4. The number of hydrogen-bond donors (Lipinski definition) is 2. The Morgan fingerprint density at radius 1 is 1.29 bits per heavy atom. The molecular formula is C15H19N3O2S. The zero-order valence-corrected chi connectivity index (χ0v) is 12.6. The molecule has 1 saturated heterocycles. The van der Waals surface area contributed by atoms with Crippen LogP contribution in [-0.2, 0) is 16.6 Å². The fraction of sp³-hybridized carbons (Fsp3) is 0.400. The predicted molar refractivity (Wildman–Crippen MR) is 83.4 cm³/mol. The average Bonchev–Trinajstić information content (AvgIpc) is 2.54. The smallest absolute Gasteiger partial charge is 0.216 e. The van der Waals surface area contributed by atoms with Crippen molar-refractivity contribution in [1.29, 1.82) is 0 Å². The Labute approximate surface area is 124 Å². The normalized spacial score (nSPS) is 19.7. The average molecular weight is 305 g/mol. The maximum absolute atomic E-state index is 12.3. The maximum Gasteiger partial charge on any atom is 0.216 e. The minimum absolute atomic E-state index is 0.285. The first-order valence-electron chi connectivity index (χ1n) is 7.19. The second-order valence-corrected chi connectivity index (χ2v) is 7.37. The minimum Gasteiger partial charge on any atom is -0.315 e. The summed E-state index contributed by atoms with van der Waals surface area (Å²) in [5.41, 5.74) is 1.75. The molecule has 1 aromatic carbocycles. The summed E-state index contributed by atoms with van der Waals surface area (Å²) in [6.07, 6.45) is 3.35. The van der Waals surface area contributed by atoms with Gasteiger partial charge in [-0.15, -0.1) is 0 Å². The topological polar surface area (TPSA) is 71.1 Å². The van der Waals surface area contributed by atoms with Crippen LogP contribution in [-0.4, -0.2) is 31.7 Å². The predicted octanol–water partition coefficient (Wildman–Crippen LogP) is 1.41. The molecule has 21 heavy (non-hydrogen) atoms. The van der Waals surface area contributed by atoms with E-state index in [0.29, 0.717) is 6.54 Å². The van der Waals surface area contributed by atoms with E-state index in [2.05, 4.69) is 15.0 Å². The van der Waals surface area contributed by atoms with Gasteiger partial charge in [-0.05, 0) is 31.0 Å². The monoisotopic (exact) mass is 305 g/mol. The molecule has 1 fully saturated rings. The lowest BCUT2D eigenvalue weighted by atomic mass is 10.1.